The smallest absolute Gasteiger partial charge is 0.227 e. The van der Waals surface area contributed by atoms with Crippen LogP contribution in [0.1, 0.15) is 43.2 Å². The Bertz CT molecular complexity index is 549. The van der Waals surface area contributed by atoms with Crippen molar-refractivity contribution in [2.75, 3.05) is 39.4 Å². The minimum atomic E-state index is 0.273. The van der Waals surface area contributed by atoms with Crippen molar-refractivity contribution in [2.24, 2.45) is 0 Å². The van der Waals surface area contributed by atoms with Crippen molar-refractivity contribution >= 4 is 5.91 Å². The largest absolute Gasteiger partial charge is 0.381 e. The van der Waals surface area contributed by atoms with Gasteiger partial charge >= 0.3 is 0 Å². The quantitative estimate of drug-likeness (QED) is 0.795. The Morgan fingerprint density at radius 1 is 1.20 bits per heavy atom. The van der Waals surface area contributed by atoms with Crippen molar-refractivity contribution in [3.05, 3.63) is 35.4 Å². The summed E-state index contributed by atoms with van der Waals surface area (Å²) in [6.07, 6.45) is 6.41. The molecule has 2 heterocycles. The van der Waals surface area contributed by atoms with E-state index in [-0.39, 0.29) is 5.91 Å². The highest BCUT2D eigenvalue weighted by atomic mass is 16.5. The maximum absolute atomic E-state index is 13.1. The number of carbonyl (C=O) groups is 1. The molecule has 0 aliphatic carbocycles. The topological polar surface area (TPSA) is 32.8 Å². The van der Waals surface area contributed by atoms with E-state index < -0.39 is 0 Å². The molecule has 138 valence electrons. The standard InChI is InChI=1S/C21H32N2O2/c1-18-6-5-7-19(16-18)17-21(24)23(20-8-14-25-15-9-20)13-12-22-10-3-2-4-11-22/h5-7,16,20H,2-4,8-15,17H2,1H3. The van der Waals surface area contributed by atoms with E-state index in [0.29, 0.717) is 12.5 Å². The summed E-state index contributed by atoms with van der Waals surface area (Å²) in [7, 11) is 0. The van der Waals surface area contributed by atoms with Gasteiger partial charge in [0.1, 0.15) is 0 Å². The third kappa shape index (κ3) is 5.55. The molecule has 0 aromatic heterocycles. The van der Waals surface area contributed by atoms with E-state index in [1.54, 1.807) is 0 Å². The molecule has 4 nitrogen and oxygen atoms in total. The second kappa shape index (κ2) is 9.35. The zero-order chi connectivity index (χ0) is 17.5. The fraction of sp³-hybridized carbons (Fsp3) is 0.667. The minimum Gasteiger partial charge on any atom is -0.381 e. The summed E-state index contributed by atoms with van der Waals surface area (Å²) >= 11 is 0. The molecule has 2 saturated heterocycles. The number of hydrogen-bond acceptors (Lipinski definition) is 3. The Kier molecular flexibility index (Phi) is 6.88. The highest BCUT2D eigenvalue weighted by Gasteiger charge is 2.26. The van der Waals surface area contributed by atoms with Crippen LogP contribution in [0.3, 0.4) is 0 Å². The lowest BCUT2D eigenvalue weighted by molar-refractivity contribution is -0.135. The van der Waals surface area contributed by atoms with Gasteiger partial charge in [-0.05, 0) is 51.3 Å². The number of nitrogens with zero attached hydrogens (tertiary/aromatic N) is 2. The predicted molar refractivity (Wildman–Crippen MR) is 101 cm³/mol. The zero-order valence-electron chi connectivity index (χ0n) is 15.6. The molecule has 25 heavy (non-hydrogen) atoms. The molecule has 4 heteroatoms. The number of ether oxygens (including phenoxy) is 1. The molecular formula is C21H32N2O2. The van der Waals surface area contributed by atoms with Crippen LogP contribution in [0, 0.1) is 6.92 Å². The van der Waals surface area contributed by atoms with Gasteiger partial charge in [-0.15, -0.1) is 0 Å². The van der Waals surface area contributed by atoms with Gasteiger partial charge in [0.25, 0.3) is 0 Å². The Morgan fingerprint density at radius 3 is 2.68 bits per heavy atom. The average molecular weight is 344 g/mol. The minimum absolute atomic E-state index is 0.273. The third-order valence-electron chi connectivity index (χ3n) is 5.50. The highest BCUT2D eigenvalue weighted by molar-refractivity contribution is 5.79. The summed E-state index contributed by atoms with van der Waals surface area (Å²) in [4.78, 5) is 17.7. The maximum Gasteiger partial charge on any atom is 0.227 e. The van der Waals surface area contributed by atoms with Gasteiger partial charge in [-0.3, -0.25) is 4.79 Å². The fourth-order valence-electron chi connectivity index (χ4n) is 4.04. The molecule has 2 aliphatic heterocycles. The Hall–Kier alpha value is -1.39. The molecule has 0 saturated carbocycles. The second-order valence-corrected chi connectivity index (χ2v) is 7.50. The predicted octanol–water partition coefficient (Wildman–Crippen LogP) is 3.03. The third-order valence-corrected chi connectivity index (χ3v) is 5.50. The van der Waals surface area contributed by atoms with Crippen molar-refractivity contribution in [1.82, 2.24) is 9.80 Å². The number of piperidine rings is 1. The number of aryl methyl sites for hydroxylation is 1. The number of likely N-dealkylation sites (tertiary alicyclic amines) is 1. The lowest BCUT2D eigenvalue weighted by Gasteiger charge is -2.36. The van der Waals surface area contributed by atoms with Gasteiger partial charge in [0.05, 0.1) is 6.42 Å². The van der Waals surface area contributed by atoms with Crippen molar-refractivity contribution in [3.8, 4) is 0 Å². The lowest BCUT2D eigenvalue weighted by Crippen LogP contribution is -2.48. The molecule has 1 amide bonds. The highest BCUT2D eigenvalue weighted by Crippen LogP contribution is 2.17. The monoisotopic (exact) mass is 344 g/mol. The molecule has 0 unspecified atom stereocenters. The molecule has 0 spiro atoms. The number of rotatable bonds is 6. The van der Waals surface area contributed by atoms with Gasteiger partial charge in [-0.1, -0.05) is 36.2 Å². The van der Waals surface area contributed by atoms with Crippen LogP contribution in [0.25, 0.3) is 0 Å². The van der Waals surface area contributed by atoms with Gasteiger partial charge in [-0.2, -0.15) is 0 Å². The molecule has 3 rings (SSSR count). The Morgan fingerprint density at radius 2 is 1.96 bits per heavy atom. The normalized spacial score (nSPS) is 19.7. The lowest BCUT2D eigenvalue weighted by atomic mass is 10.0. The molecule has 0 N–H and O–H groups in total. The molecule has 1 aromatic carbocycles. The Balaban J connectivity index is 1.62. The van der Waals surface area contributed by atoms with Gasteiger partial charge in [0.2, 0.25) is 5.91 Å². The fourth-order valence-corrected chi connectivity index (χ4v) is 4.04. The first kappa shape index (κ1) is 18.4. The SMILES string of the molecule is Cc1cccc(CC(=O)N(CCN2CCCCC2)C2CCOCC2)c1. The van der Waals surface area contributed by atoms with Crippen LogP contribution in [-0.4, -0.2) is 61.1 Å². The zero-order valence-corrected chi connectivity index (χ0v) is 15.6. The summed E-state index contributed by atoms with van der Waals surface area (Å²) < 4.78 is 5.51. The molecular weight excluding hydrogens is 312 g/mol. The van der Waals surface area contributed by atoms with Crippen molar-refractivity contribution in [1.29, 1.82) is 0 Å². The van der Waals surface area contributed by atoms with Crippen LogP contribution in [0.4, 0.5) is 0 Å². The van der Waals surface area contributed by atoms with E-state index in [1.165, 1.54) is 37.9 Å². The first-order valence-electron chi connectivity index (χ1n) is 9.87. The molecule has 0 radical (unpaired) electrons. The van der Waals surface area contributed by atoms with Gasteiger partial charge in [0.15, 0.2) is 0 Å². The van der Waals surface area contributed by atoms with Gasteiger partial charge in [-0.25, -0.2) is 0 Å². The summed E-state index contributed by atoms with van der Waals surface area (Å²) in [5.74, 6) is 0.273. The van der Waals surface area contributed by atoms with E-state index in [1.807, 2.05) is 6.07 Å². The van der Waals surface area contributed by atoms with Crippen LogP contribution < -0.4 is 0 Å². The van der Waals surface area contributed by atoms with E-state index in [9.17, 15) is 4.79 Å². The molecule has 2 fully saturated rings. The van der Waals surface area contributed by atoms with E-state index in [4.69, 9.17) is 4.74 Å². The van der Waals surface area contributed by atoms with Gasteiger partial charge < -0.3 is 14.5 Å². The first-order valence-corrected chi connectivity index (χ1v) is 9.87. The Labute approximate surface area is 152 Å². The van der Waals surface area contributed by atoms with Crippen LogP contribution >= 0.6 is 0 Å². The molecule has 1 aromatic rings. The van der Waals surface area contributed by atoms with E-state index in [0.717, 1.165) is 44.7 Å². The number of amides is 1. The number of carbonyl (C=O) groups excluding carboxylic acids is 1. The van der Waals surface area contributed by atoms with Gasteiger partial charge in [0, 0.05) is 32.3 Å². The summed E-state index contributed by atoms with van der Waals surface area (Å²) in [6.45, 7) is 7.89. The van der Waals surface area contributed by atoms with E-state index >= 15 is 0 Å². The van der Waals surface area contributed by atoms with Crippen molar-refractivity contribution in [3.63, 3.8) is 0 Å². The molecule has 0 bridgehead atoms. The van der Waals surface area contributed by atoms with Crippen molar-refractivity contribution in [2.45, 2.75) is 51.5 Å². The number of hydrogen-bond donors (Lipinski definition) is 0. The number of benzene rings is 1. The summed E-state index contributed by atoms with van der Waals surface area (Å²) in [5.41, 5.74) is 2.34. The summed E-state index contributed by atoms with van der Waals surface area (Å²) in [5, 5.41) is 0. The van der Waals surface area contributed by atoms with Crippen molar-refractivity contribution < 1.29 is 9.53 Å². The second-order valence-electron chi connectivity index (χ2n) is 7.50. The first-order chi connectivity index (χ1) is 12.2. The maximum atomic E-state index is 13.1. The van der Waals surface area contributed by atoms with Crippen LogP contribution in [-0.2, 0) is 16.0 Å². The molecule has 2 aliphatic rings. The molecule has 0 atom stereocenters. The van der Waals surface area contributed by atoms with E-state index in [2.05, 4.69) is 34.9 Å². The summed E-state index contributed by atoms with van der Waals surface area (Å²) in [6, 6.07) is 8.67. The van der Waals surface area contributed by atoms with Crippen LogP contribution in [0.5, 0.6) is 0 Å². The van der Waals surface area contributed by atoms with Crippen LogP contribution in [0.15, 0.2) is 24.3 Å². The van der Waals surface area contributed by atoms with Crippen LogP contribution in [0.2, 0.25) is 0 Å². The average Bonchev–Trinajstić information content (AvgIpc) is 2.64.